The highest BCUT2D eigenvalue weighted by molar-refractivity contribution is 6.32. The molecule has 1 heterocycles. The molecule has 0 amide bonds. The number of benzene rings is 2. The van der Waals surface area contributed by atoms with Gasteiger partial charge in [-0.15, -0.1) is 0 Å². The standard InChI is InChI=1S/C25H33ClF2N6O2/c1-36-23-18(26)7-6-16(22(23)28)24-33-20-15-21(19(27)14-17(20)25(35)34-24)32-13-5-12-31-10-3-2-9-30-11-4-8-29/h6-7,14-15,30-32H,2-5,8-13,29H2,1H3,(H,33,34,35). The molecule has 0 saturated heterocycles. The minimum atomic E-state index is -0.747. The molecule has 0 aliphatic heterocycles. The van der Waals surface area contributed by atoms with Gasteiger partial charge in [0, 0.05) is 6.54 Å². The van der Waals surface area contributed by atoms with E-state index >= 15 is 0 Å². The Balaban J connectivity index is 1.57. The normalized spacial score (nSPS) is 11.2. The number of nitrogens with zero attached hydrogens (tertiary/aromatic N) is 1. The largest absolute Gasteiger partial charge is 0.492 e. The highest BCUT2D eigenvalue weighted by Crippen LogP contribution is 2.33. The summed E-state index contributed by atoms with van der Waals surface area (Å²) >= 11 is 5.96. The maximum atomic E-state index is 14.8. The quantitative estimate of drug-likeness (QED) is 0.193. The van der Waals surface area contributed by atoms with E-state index < -0.39 is 17.2 Å². The molecular formula is C25H33ClF2N6O2. The highest BCUT2D eigenvalue weighted by Gasteiger charge is 2.18. The first kappa shape index (κ1) is 27.8. The Morgan fingerprint density at radius 1 is 1.03 bits per heavy atom. The van der Waals surface area contributed by atoms with Crippen LogP contribution in [0.2, 0.25) is 5.02 Å². The summed E-state index contributed by atoms with van der Waals surface area (Å²) in [4.78, 5) is 19.4. The minimum absolute atomic E-state index is 0.00342. The summed E-state index contributed by atoms with van der Waals surface area (Å²) in [6.07, 6.45) is 3.95. The van der Waals surface area contributed by atoms with Crippen molar-refractivity contribution in [2.75, 3.05) is 51.7 Å². The number of rotatable bonds is 15. The Hall–Kier alpha value is -2.79. The van der Waals surface area contributed by atoms with Crippen molar-refractivity contribution in [1.82, 2.24) is 20.6 Å². The molecule has 1 aromatic heterocycles. The zero-order valence-corrected chi connectivity index (χ0v) is 21.1. The van der Waals surface area contributed by atoms with Crippen molar-refractivity contribution in [2.45, 2.75) is 25.7 Å². The van der Waals surface area contributed by atoms with E-state index in [1.54, 1.807) is 0 Å². The van der Waals surface area contributed by atoms with Gasteiger partial charge in [0.25, 0.3) is 5.56 Å². The van der Waals surface area contributed by atoms with Gasteiger partial charge in [-0.1, -0.05) is 11.6 Å². The summed E-state index contributed by atoms with van der Waals surface area (Å²) in [7, 11) is 1.30. The van der Waals surface area contributed by atoms with Crippen LogP contribution in [-0.2, 0) is 0 Å². The van der Waals surface area contributed by atoms with Crippen molar-refractivity contribution < 1.29 is 13.5 Å². The average molecular weight is 523 g/mol. The molecule has 0 fully saturated rings. The third-order valence-corrected chi connectivity index (χ3v) is 5.96. The van der Waals surface area contributed by atoms with Gasteiger partial charge in [-0.25, -0.2) is 13.8 Å². The maximum Gasteiger partial charge on any atom is 0.259 e. The van der Waals surface area contributed by atoms with Crippen LogP contribution in [0.25, 0.3) is 22.3 Å². The first-order valence-electron chi connectivity index (χ1n) is 12.1. The van der Waals surface area contributed by atoms with E-state index in [0.29, 0.717) is 13.1 Å². The molecule has 8 nitrogen and oxygen atoms in total. The lowest BCUT2D eigenvalue weighted by Gasteiger charge is -2.11. The van der Waals surface area contributed by atoms with Crippen molar-refractivity contribution in [3.05, 3.63) is 51.3 Å². The smallest absolute Gasteiger partial charge is 0.259 e. The molecule has 0 saturated carbocycles. The van der Waals surface area contributed by atoms with E-state index in [4.69, 9.17) is 22.1 Å². The Morgan fingerprint density at radius 3 is 2.42 bits per heavy atom. The molecule has 0 aliphatic carbocycles. The van der Waals surface area contributed by atoms with Crippen LogP contribution in [-0.4, -0.2) is 56.3 Å². The molecule has 0 unspecified atom stereocenters. The first-order chi connectivity index (χ1) is 17.5. The van der Waals surface area contributed by atoms with Crippen LogP contribution in [0.5, 0.6) is 5.75 Å². The van der Waals surface area contributed by atoms with Crippen molar-refractivity contribution in [3.63, 3.8) is 0 Å². The van der Waals surface area contributed by atoms with E-state index in [1.807, 2.05) is 0 Å². The number of unbranched alkanes of at least 4 members (excludes halogenated alkanes) is 1. The number of aromatic amines is 1. The predicted octanol–water partition coefficient (Wildman–Crippen LogP) is 3.64. The van der Waals surface area contributed by atoms with Gasteiger partial charge in [-0.2, -0.15) is 0 Å². The lowest BCUT2D eigenvalue weighted by Crippen LogP contribution is -2.22. The molecule has 196 valence electrons. The van der Waals surface area contributed by atoms with Crippen LogP contribution >= 0.6 is 11.6 Å². The van der Waals surface area contributed by atoms with E-state index in [0.717, 1.165) is 57.9 Å². The van der Waals surface area contributed by atoms with Crippen LogP contribution in [0.4, 0.5) is 14.5 Å². The van der Waals surface area contributed by atoms with Gasteiger partial charge in [0.1, 0.15) is 11.6 Å². The third-order valence-electron chi connectivity index (χ3n) is 5.66. The van der Waals surface area contributed by atoms with Gasteiger partial charge < -0.3 is 31.4 Å². The van der Waals surface area contributed by atoms with Gasteiger partial charge in [0.2, 0.25) is 0 Å². The monoisotopic (exact) mass is 522 g/mol. The van der Waals surface area contributed by atoms with Crippen molar-refractivity contribution in [3.8, 4) is 17.1 Å². The fourth-order valence-corrected chi connectivity index (χ4v) is 3.96. The number of H-pyrrole nitrogens is 1. The van der Waals surface area contributed by atoms with E-state index in [2.05, 4.69) is 25.9 Å². The van der Waals surface area contributed by atoms with Crippen molar-refractivity contribution in [2.24, 2.45) is 5.73 Å². The molecule has 11 heteroatoms. The van der Waals surface area contributed by atoms with E-state index in [9.17, 15) is 13.6 Å². The number of fused-ring (bicyclic) bond motifs is 1. The van der Waals surface area contributed by atoms with Crippen LogP contribution in [0.15, 0.2) is 29.1 Å². The Morgan fingerprint density at radius 2 is 1.72 bits per heavy atom. The lowest BCUT2D eigenvalue weighted by molar-refractivity contribution is 0.387. The summed E-state index contributed by atoms with van der Waals surface area (Å²) in [6.45, 7) is 4.91. The highest BCUT2D eigenvalue weighted by atomic mass is 35.5. The fourth-order valence-electron chi connectivity index (χ4n) is 3.74. The second-order valence-electron chi connectivity index (χ2n) is 8.34. The molecule has 0 aliphatic rings. The van der Waals surface area contributed by atoms with Crippen LogP contribution < -0.4 is 32.0 Å². The number of nitrogens with two attached hydrogens (primary N) is 1. The van der Waals surface area contributed by atoms with E-state index in [1.165, 1.54) is 25.3 Å². The summed E-state index contributed by atoms with van der Waals surface area (Å²) in [5, 5.41) is 9.95. The second kappa shape index (κ2) is 14.1. The number of halogens is 3. The minimum Gasteiger partial charge on any atom is -0.492 e. The molecule has 3 aromatic rings. The lowest BCUT2D eigenvalue weighted by atomic mass is 10.1. The van der Waals surface area contributed by atoms with Gasteiger partial charge >= 0.3 is 0 Å². The molecule has 2 aromatic carbocycles. The molecule has 0 atom stereocenters. The zero-order valence-electron chi connectivity index (χ0n) is 20.4. The molecule has 3 rings (SSSR count). The Kier molecular flexibility index (Phi) is 10.9. The zero-order chi connectivity index (χ0) is 25.9. The first-order valence-corrected chi connectivity index (χ1v) is 12.5. The third kappa shape index (κ3) is 7.36. The number of methoxy groups -OCH3 is 1. The number of hydrogen-bond donors (Lipinski definition) is 5. The van der Waals surface area contributed by atoms with Gasteiger partial charge in [-0.05, 0) is 82.7 Å². The SMILES string of the molecule is COc1c(Cl)ccc(-c2nc3cc(NCCCNCCCCNCCCN)c(F)cc3c(=O)[nH]2)c1F. The summed E-state index contributed by atoms with van der Waals surface area (Å²) in [5.74, 6) is -1.46. The van der Waals surface area contributed by atoms with Crippen LogP contribution in [0.1, 0.15) is 25.7 Å². The topological polar surface area (TPSA) is 117 Å². The number of hydrogen-bond acceptors (Lipinski definition) is 7. The molecule has 36 heavy (non-hydrogen) atoms. The van der Waals surface area contributed by atoms with E-state index in [-0.39, 0.29) is 38.8 Å². The predicted molar refractivity (Wildman–Crippen MR) is 141 cm³/mol. The summed E-state index contributed by atoms with van der Waals surface area (Å²) < 4.78 is 34.4. The number of nitrogens with one attached hydrogen (secondary N) is 4. The van der Waals surface area contributed by atoms with Crippen LogP contribution in [0.3, 0.4) is 0 Å². The van der Waals surface area contributed by atoms with Gasteiger partial charge in [-0.3, -0.25) is 4.79 Å². The molecule has 0 bridgehead atoms. The van der Waals surface area contributed by atoms with Crippen LogP contribution in [0, 0.1) is 11.6 Å². The summed E-state index contributed by atoms with van der Waals surface area (Å²) in [5.41, 5.74) is 5.37. The maximum absolute atomic E-state index is 14.8. The van der Waals surface area contributed by atoms with Crippen molar-refractivity contribution >= 4 is 28.2 Å². The number of aromatic nitrogens is 2. The van der Waals surface area contributed by atoms with Crippen molar-refractivity contribution in [1.29, 1.82) is 0 Å². The Labute approximate surface area is 214 Å². The second-order valence-corrected chi connectivity index (χ2v) is 8.74. The van der Waals surface area contributed by atoms with Gasteiger partial charge in [0.05, 0.1) is 34.3 Å². The number of ether oxygens (including phenoxy) is 1. The molecule has 0 spiro atoms. The summed E-state index contributed by atoms with van der Waals surface area (Å²) in [6, 6.07) is 5.44. The molecular weight excluding hydrogens is 490 g/mol. The molecule has 6 N–H and O–H groups in total. The number of anilines is 1. The van der Waals surface area contributed by atoms with Gasteiger partial charge in [0.15, 0.2) is 11.6 Å². The fraction of sp³-hybridized carbons (Fsp3) is 0.440. The Bertz CT molecular complexity index is 1210. The molecule has 0 radical (unpaired) electrons. The average Bonchev–Trinajstić information content (AvgIpc) is 2.85.